The standard InChI is InChI=1S/C22H25N3O2S/c1-24(2)18-9-11-19(12-10-18)25-20(26)14-28-22(25)16-7-4-8-17(13-16)23-21(27)15-5-3-6-15/h4,7-13,15,22H,3,5-6,14H2,1-2H3,(H,23,27)/t22-/m0/s1. The number of carbonyl (C=O) groups excluding carboxylic acids is 2. The van der Waals surface area contributed by atoms with Crippen LogP contribution in [-0.2, 0) is 9.59 Å². The molecule has 1 atom stereocenters. The van der Waals surface area contributed by atoms with Crippen molar-refractivity contribution in [1.29, 1.82) is 0 Å². The van der Waals surface area contributed by atoms with E-state index in [1.165, 1.54) is 0 Å². The van der Waals surface area contributed by atoms with Gasteiger partial charge in [0.2, 0.25) is 11.8 Å². The number of hydrogen-bond acceptors (Lipinski definition) is 4. The van der Waals surface area contributed by atoms with Gasteiger partial charge < -0.3 is 10.2 Å². The van der Waals surface area contributed by atoms with Crippen molar-refractivity contribution in [2.24, 2.45) is 5.92 Å². The molecule has 0 bridgehead atoms. The Morgan fingerprint density at radius 1 is 1.14 bits per heavy atom. The van der Waals surface area contributed by atoms with Crippen molar-refractivity contribution >= 4 is 40.6 Å². The van der Waals surface area contributed by atoms with Gasteiger partial charge in [0, 0.05) is 37.1 Å². The Morgan fingerprint density at radius 2 is 1.89 bits per heavy atom. The third kappa shape index (κ3) is 3.74. The summed E-state index contributed by atoms with van der Waals surface area (Å²) in [4.78, 5) is 28.8. The summed E-state index contributed by atoms with van der Waals surface area (Å²) >= 11 is 1.62. The average Bonchev–Trinajstić information content (AvgIpc) is 3.02. The molecule has 2 amide bonds. The van der Waals surface area contributed by atoms with Crippen molar-refractivity contribution in [3.8, 4) is 0 Å². The Morgan fingerprint density at radius 3 is 2.54 bits per heavy atom. The average molecular weight is 396 g/mol. The smallest absolute Gasteiger partial charge is 0.238 e. The zero-order valence-electron chi connectivity index (χ0n) is 16.2. The fourth-order valence-electron chi connectivity index (χ4n) is 3.55. The van der Waals surface area contributed by atoms with Crippen molar-refractivity contribution in [1.82, 2.24) is 0 Å². The topological polar surface area (TPSA) is 52.6 Å². The van der Waals surface area contributed by atoms with Crippen molar-refractivity contribution < 1.29 is 9.59 Å². The Balaban J connectivity index is 1.56. The zero-order valence-corrected chi connectivity index (χ0v) is 17.0. The molecule has 5 nitrogen and oxygen atoms in total. The summed E-state index contributed by atoms with van der Waals surface area (Å²) < 4.78 is 0. The van der Waals surface area contributed by atoms with Gasteiger partial charge in [-0.2, -0.15) is 0 Å². The Bertz CT molecular complexity index is 878. The lowest BCUT2D eigenvalue weighted by molar-refractivity contribution is -0.122. The SMILES string of the molecule is CN(C)c1ccc(N2C(=O)CS[C@H]2c2cccc(NC(=O)C3CCC3)c2)cc1. The van der Waals surface area contributed by atoms with Gasteiger partial charge in [0.1, 0.15) is 5.37 Å². The van der Waals surface area contributed by atoms with Crippen molar-refractivity contribution in [2.75, 3.05) is 35.0 Å². The van der Waals surface area contributed by atoms with E-state index in [0.717, 1.165) is 41.9 Å². The second-order valence-corrected chi connectivity index (χ2v) is 8.65. The van der Waals surface area contributed by atoms with Crippen molar-refractivity contribution in [3.63, 3.8) is 0 Å². The molecule has 4 rings (SSSR count). The Kier molecular flexibility index (Phi) is 5.31. The molecule has 1 N–H and O–H groups in total. The van der Waals surface area contributed by atoms with Gasteiger partial charge >= 0.3 is 0 Å². The number of amides is 2. The van der Waals surface area contributed by atoms with Crippen LogP contribution in [0.2, 0.25) is 0 Å². The molecule has 1 heterocycles. The number of thioether (sulfide) groups is 1. The molecule has 28 heavy (non-hydrogen) atoms. The highest BCUT2D eigenvalue weighted by Gasteiger charge is 2.34. The lowest BCUT2D eigenvalue weighted by atomic mass is 9.85. The Hall–Kier alpha value is -2.47. The van der Waals surface area contributed by atoms with E-state index in [9.17, 15) is 9.59 Å². The lowest BCUT2D eigenvalue weighted by Gasteiger charge is -2.26. The molecule has 146 valence electrons. The molecule has 2 fully saturated rings. The monoisotopic (exact) mass is 395 g/mol. The number of nitrogens with one attached hydrogen (secondary N) is 1. The second-order valence-electron chi connectivity index (χ2n) is 7.58. The maximum Gasteiger partial charge on any atom is 0.238 e. The molecule has 1 saturated heterocycles. The van der Waals surface area contributed by atoms with Crippen molar-refractivity contribution in [3.05, 3.63) is 54.1 Å². The molecule has 1 aliphatic heterocycles. The molecule has 0 spiro atoms. The van der Waals surface area contributed by atoms with Gasteiger partial charge in [-0.1, -0.05) is 18.6 Å². The molecule has 1 saturated carbocycles. The Labute approximate surface area is 170 Å². The minimum atomic E-state index is -0.0849. The maximum absolute atomic E-state index is 12.6. The predicted molar refractivity (Wildman–Crippen MR) is 116 cm³/mol. The third-order valence-electron chi connectivity index (χ3n) is 5.43. The van der Waals surface area contributed by atoms with Gasteiger partial charge in [0.15, 0.2) is 0 Å². The van der Waals surface area contributed by atoms with E-state index in [1.54, 1.807) is 11.8 Å². The van der Waals surface area contributed by atoms with Crippen LogP contribution in [0, 0.1) is 5.92 Å². The summed E-state index contributed by atoms with van der Waals surface area (Å²) in [6.07, 6.45) is 3.10. The first-order valence-electron chi connectivity index (χ1n) is 9.65. The van der Waals surface area contributed by atoms with Crippen LogP contribution in [0.5, 0.6) is 0 Å². The zero-order chi connectivity index (χ0) is 19.7. The van der Waals surface area contributed by atoms with Crippen LogP contribution in [0.3, 0.4) is 0 Å². The number of nitrogens with zero attached hydrogens (tertiary/aromatic N) is 2. The minimum Gasteiger partial charge on any atom is -0.378 e. The van der Waals surface area contributed by atoms with E-state index in [-0.39, 0.29) is 23.1 Å². The van der Waals surface area contributed by atoms with Crippen LogP contribution in [0.1, 0.15) is 30.2 Å². The summed E-state index contributed by atoms with van der Waals surface area (Å²) in [7, 11) is 4.00. The van der Waals surface area contributed by atoms with Gasteiger partial charge in [0.05, 0.1) is 5.75 Å². The molecule has 1 aliphatic carbocycles. The molecule has 0 radical (unpaired) electrons. The fourth-order valence-corrected chi connectivity index (χ4v) is 4.71. The van der Waals surface area contributed by atoms with Crippen LogP contribution in [0.15, 0.2) is 48.5 Å². The molecular formula is C22H25N3O2S. The van der Waals surface area contributed by atoms with Crippen LogP contribution in [0.4, 0.5) is 17.1 Å². The molecule has 0 unspecified atom stereocenters. The van der Waals surface area contributed by atoms with E-state index in [4.69, 9.17) is 0 Å². The molecule has 0 aromatic heterocycles. The third-order valence-corrected chi connectivity index (χ3v) is 6.64. The number of benzene rings is 2. The molecule has 6 heteroatoms. The van der Waals surface area contributed by atoms with Crippen LogP contribution >= 0.6 is 11.8 Å². The van der Waals surface area contributed by atoms with Crippen molar-refractivity contribution in [2.45, 2.75) is 24.6 Å². The largest absolute Gasteiger partial charge is 0.378 e. The second kappa shape index (κ2) is 7.87. The summed E-state index contributed by atoms with van der Waals surface area (Å²) in [6, 6.07) is 15.9. The molecule has 2 aromatic rings. The van der Waals surface area contributed by atoms with E-state index in [2.05, 4.69) is 5.32 Å². The van der Waals surface area contributed by atoms with E-state index < -0.39 is 0 Å². The fraction of sp³-hybridized carbons (Fsp3) is 0.364. The van der Waals surface area contributed by atoms with Gasteiger partial charge in [-0.05, 0) is 54.8 Å². The maximum atomic E-state index is 12.6. The number of anilines is 3. The first-order valence-corrected chi connectivity index (χ1v) is 10.7. The van der Waals surface area contributed by atoms with Crippen LogP contribution in [-0.4, -0.2) is 31.7 Å². The number of hydrogen-bond donors (Lipinski definition) is 1. The molecular weight excluding hydrogens is 370 g/mol. The predicted octanol–water partition coefficient (Wildman–Crippen LogP) is 4.27. The first kappa shape index (κ1) is 18.9. The van der Waals surface area contributed by atoms with E-state index in [0.29, 0.717) is 5.75 Å². The summed E-state index contributed by atoms with van der Waals surface area (Å²) in [5, 5.41) is 2.95. The van der Waals surface area contributed by atoms with Crippen LogP contribution in [0.25, 0.3) is 0 Å². The van der Waals surface area contributed by atoms with Gasteiger partial charge in [0.25, 0.3) is 0 Å². The van der Waals surface area contributed by atoms with E-state index >= 15 is 0 Å². The van der Waals surface area contributed by atoms with E-state index in [1.807, 2.05) is 72.4 Å². The minimum absolute atomic E-state index is 0.0849. The molecule has 2 aliphatic rings. The highest BCUT2D eigenvalue weighted by atomic mass is 32.2. The summed E-state index contributed by atoms with van der Waals surface area (Å²) in [5.41, 5.74) is 3.83. The highest BCUT2D eigenvalue weighted by molar-refractivity contribution is 8.00. The summed E-state index contributed by atoms with van der Waals surface area (Å²) in [6.45, 7) is 0. The van der Waals surface area contributed by atoms with Gasteiger partial charge in [-0.25, -0.2) is 0 Å². The lowest BCUT2D eigenvalue weighted by Crippen LogP contribution is -2.29. The number of rotatable bonds is 5. The normalized spacial score (nSPS) is 19.4. The first-order chi connectivity index (χ1) is 13.5. The van der Waals surface area contributed by atoms with Crippen LogP contribution < -0.4 is 15.1 Å². The van der Waals surface area contributed by atoms with Gasteiger partial charge in [-0.3, -0.25) is 14.5 Å². The quantitative estimate of drug-likeness (QED) is 0.821. The number of carbonyl (C=O) groups is 2. The van der Waals surface area contributed by atoms with Gasteiger partial charge in [-0.15, -0.1) is 11.8 Å². The summed E-state index contributed by atoms with van der Waals surface area (Å²) in [5.74, 6) is 0.822. The highest BCUT2D eigenvalue weighted by Crippen LogP contribution is 2.42. The molecule has 2 aromatic carbocycles.